The van der Waals surface area contributed by atoms with Gasteiger partial charge in [-0.15, -0.1) is 0 Å². The predicted octanol–water partition coefficient (Wildman–Crippen LogP) is 2.48. The Bertz CT molecular complexity index is 883. The monoisotopic (exact) mass is 496 g/mol. The van der Waals surface area contributed by atoms with Gasteiger partial charge >= 0.3 is 0 Å². The Morgan fingerprint density at radius 2 is 1.61 bits per heavy atom. The predicted molar refractivity (Wildman–Crippen MR) is 149 cm³/mol. The van der Waals surface area contributed by atoms with Crippen molar-refractivity contribution in [3.63, 3.8) is 0 Å². The van der Waals surface area contributed by atoms with Crippen LogP contribution in [0.1, 0.15) is 32.1 Å². The van der Waals surface area contributed by atoms with Gasteiger partial charge in [0.2, 0.25) is 5.95 Å². The highest BCUT2D eigenvalue weighted by molar-refractivity contribution is 5.52. The van der Waals surface area contributed by atoms with Crippen LogP contribution in [0.25, 0.3) is 0 Å². The maximum atomic E-state index is 9.15. The zero-order chi connectivity index (χ0) is 25.0. The van der Waals surface area contributed by atoms with E-state index in [0.29, 0.717) is 17.7 Å². The highest BCUT2D eigenvalue weighted by atomic mass is 16.3. The van der Waals surface area contributed by atoms with E-state index in [1.165, 1.54) is 31.4 Å². The molecular formula is C27H44N8O. The fourth-order valence-electron chi connectivity index (χ4n) is 5.22. The van der Waals surface area contributed by atoms with Crippen LogP contribution in [-0.4, -0.2) is 85.5 Å². The molecule has 2 aromatic rings. The summed E-state index contributed by atoms with van der Waals surface area (Å²) >= 11 is 0. The maximum Gasteiger partial charge on any atom is 0.226 e. The van der Waals surface area contributed by atoms with Crippen molar-refractivity contribution in [2.75, 3.05) is 86.8 Å². The minimum absolute atomic E-state index is 0.208. The highest BCUT2D eigenvalue weighted by Gasteiger charge is 2.22. The minimum atomic E-state index is 0.208. The molecule has 198 valence electrons. The average molecular weight is 497 g/mol. The number of nitrogens with one attached hydrogen (secondary N) is 3. The second kappa shape index (κ2) is 14.2. The Hall–Kier alpha value is -2.62. The Balaban J connectivity index is 1.10. The first-order valence-corrected chi connectivity index (χ1v) is 13.7. The quantitative estimate of drug-likeness (QED) is 0.267. The molecule has 0 radical (unpaired) electrons. The van der Waals surface area contributed by atoms with Crippen LogP contribution in [0, 0.1) is 11.8 Å². The van der Waals surface area contributed by atoms with E-state index < -0.39 is 0 Å². The van der Waals surface area contributed by atoms with Crippen LogP contribution in [0.3, 0.4) is 0 Å². The van der Waals surface area contributed by atoms with Crippen molar-refractivity contribution in [3.8, 4) is 0 Å². The molecule has 36 heavy (non-hydrogen) atoms. The summed E-state index contributed by atoms with van der Waals surface area (Å²) in [5.74, 6) is 3.47. The Labute approximate surface area is 215 Å². The molecule has 0 spiro atoms. The summed E-state index contributed by atoms with van der Waals surface area (Å²) in [7, 11) is 0. The summed E-state index contributed by atoms with van der Waals surface area (Å²) < 4.78 is 0. The van der Waals surface area contributed by atoms with E-state index in [-0.39, 0.29) is 6.61 Å². The van der Waals surface area contributed by atoms with Crippen molar-refractivity contribution in [2.45, 2.75) is 32.1 Å². The fraction of sp³-hybridized carbons (Fsp3) is 0.630. The van der Waals surface area contributed by atoms with Crippen LogP contribution in [0.5, 0.6) is 0 Å². The molecule has 4 rings (SSSR count). The number of nitrogen functional groups attached to an aromatic ring is 1. The lowest BCUT2D eigenvalue weighted by Gasteiger charge is -2.35. The van der Waals surface area contributed by atoms with Crippen LogP contribution in [0.2, 0.25) is 0 Å². The lowest BCUT2D eigenvalue weighted by Crippen LogP contribution is -2.47. The van der Waals surface area contributed by atoms with Crippen LogP contribution < -0.4 is 26.6 Å². The number of hydrogen-bond acceptors (Lipinski definition) is 9. The number of aromatic nitrogens is 2. The summed E-state index contributed by atoms with van der Waals surface area (Å²) in [5.41, 5.74) is 7.30. The SMILES string of the molecule is Nc1cc(N2CCN(CCO)CC2)nc(NCC2CCC(CNCCCNc3ccccc3)CC2)n1. The first-order valence-electron chi connectivity index (χ1n) is 13.7. The molecule has 2 fully saturated rings. The number of para-hydroxylation sites is 1. The number of aliphatic hydroxyl groups excluding tert-OH is 1. The first kappa shape index (κ1) is 26.4. The standard InChI is InChI=1S/C27H44N8O/c28-25-19-26(35-15-13-34(14-16-35)17-18-36)33-27(32-25)31-21-23-9-7-22(8-10-23)20-29-11-4-12-30-24-5-2-1-3-6-24/h1-3,5-6,19,22-23,29-30,36H,4,7-18,20-21H2,(H3,28,31,32,33). The van der Waals surface area contributed by atoms with Gasteiger partial charge in [-0.2, -0.15) is 9.97 Å². The number of aliphatic hydroxyl groups is 1. The van der Waals surface area contributed by atoms with E-state index in [0.717, 1.165) is 77.1 Å². The number of anilines is 4. The summed E-state index contributed by atoms with van der Waals surface area (Å²) in [6, 6.07) is 12.3. The molecule has 1 saturated carbocycles. The zero-order valence-corrected chi connectivity index (χ0v) is 21.5. The van der Waals surface area contributed by atoms with Gasteiger partial charge in [0.25, 0.3) is 0 Å². The molecular weight excluding hydrogens is 452 g/mol. The molecule has 1 aromatic heterocycles. The fourth-order valence-corrected chi connectivity index (χ4v) is 5.22. The molecule has 0 unspecified atom stereocenters. The highest BCUT2D eigenvalue weighted by Crippen LogP contribution is 2.28. The molecule has 1 aliphatic heterocycles. The van der Waals surface area contributed by atoms with Gasteiger partial charge in [0.05, 0.1) is 6.61 Å². The van der Waals surface area contributed by atoms with Gasteiger partial charge in [0, 0.05) is 57.6 Å². The number of nitrogens with two attached hydrogens (primary N) is 1. The summed E-state index contributed by atoms with van der Waals surface area (Å²) in [6.07, 6.45) is 6.19. The largest absolute Gasteiger partial charge is 0.395 e. The van der Waals surface area contributed by atoms with Crippen molar-refractivity contribution in [1.82, 2.24) is 20.2 Å². The minimum Gasteiger partial charge on any atom is -0.395 e. The molecule has 1 aromatic carbocycles. The summed E-state index contributed by atoms with van der Waals surface area (Å²) in [4.78, 5) is 13.7. The average Bonchev–Trinajstić information content (AvgIpc) is 2.91. The second-order valence-corrected chi connectivity index (χ2v) is 10.1. The molecule has 2 heterocycles. The normalized spacial score (nSPS) is 20.9. The van der Waals surface area contributed by atoms with Crippen molar-refractivity contribution in [3.05, 3.63) is 36.4 Å². The Kier molecular flexibility index (Phi) is 10.4. The van der Waals surface area contributed by atoms with Gasteiger partial charge in [-0.3, -0.25) is 4.90 Å². The third-order valence-corrected chi connectivity index (χ3v) is 7.43. The number of benzene rings is 1. The number of nitrogens with zero attached hydrogens (tertiary/aromatic N) is 4. The lowest BCUT2D eigenvalue weighted by atomic mass is 9.82. The summed E-state index contributed by atoms with van der Waals surface area (Å²) in [5, 5.41) is 19.7. The molecule has 9 nitrogen and oxygen atoms in total. The molecule has 0 atom stereocenters. The number of hydrogen-bond donors (Lipinski definition) is 5. The van der Waals surface area contributed by atoms with E-state index in [1.807, 2.05) is 12.1 Å². The van der Waals surface area contributed by atoms with Gasteiger partial charge in [0.1, 0.15) is 11.6 Å². The first-order chi connectivity index (χ1) is 17.7. The molecule has 6 N–H and O–H groups in total. The Morgan fingerprint density at radius 3 is 2.33 bits per heavy atom. The van der Waals surface area contributed by atoms with Gasteiger partial charge in [0.15, 0.2) is 0 Å². The lowest BCUT2D eigenvalue weighted by molar-refractivity contribution is 0.188. The van der Waals surface area contributed by atoms with Crippen LogP contribution in [0.4, 0.5) is 23.3 Å². The zero-order valence-electron chi connectivity index (χ0n) is 21.5. The third kappa shape index (κ3) is 8.50. The molecule has 9 heteroatoms. The number of rotatable bonds is 13. The second-order valence-electron chi connectivity index (χ2n) is 10.1. The Morgan fingerprint density at radius 1 is 0.889 bits per heavy atom. The molecule has 1 saturated heterocycles. The maximum absolute atomic E-state index is 9.15. The third-order valence-electron chi connectivity index (χ3n) is 7.43. The summed E-state index contributed by atoms with van der Waals surface area (Å²) in [6.45, 7) is 8.66. The topological polar surface area (TPSA) is 115 Å². The van der Waals surface area contributed by atoms with Crippen molar-refractivity contribution in [2.24, 2.45) is 11.8 Å². The van der Waals surface area contributed by atoms with Crippen LogP contribution >= 0.6 is 0 Å². The van der Waals surface area contributed by atoms with E-state index in [9.17, 15) is 0 Å². The van der Waals surface area contributed by atoms with Gasteiger partial charge < -0.3 is 31.7 Å². The molecule has 1 aliphatic carbocycles. The van der Waals surface area contributed by atoms with E-state index in [1.54, 1.807) is 0 Å². The van der Waals surface area contributed by atoms with Crippen LogP contribution in [-0.2, 0) is 0 Å². The molecule has 0 amide bonds. The van der Waals surface area contributed by atoms with Crippen molar-refractivity contribution >= 4 is 23.3 Å². The van der Waals surface area contributed by atoms with Crippen molar-refractivity contribution < 1.29 is 5.11 Å². The van der Waals surface area contributed by atoms with E-state index >= 15 is 0 Å². The number of piperazine rings is 1. The van der Waals surface area contributed by atoms with E-state index in [4.69, 9.17) is 15.8 Å². The van der Waals surface area contributed by atoms with Gasteiger partial charge in [-0.25, -0.2) is 0 Å². The molecule has 0 bridgehead atoms. The molecule has 2 aliphatic rings. The van der Waals surface area contributed by atoms with Gasteiger partial charge in [-0.05, 0) is 69.2 Å². The smallest absolute Gasteiger partial charge is 0.226 e. The van der Waals surface area contributed by atoms with Crippen LogP contribution in [0.15, 0.2) is 36.4 Å². The number of β-amino-alcohol motifs (C(OH)–C–C–N with tert-alkyl or cyclic N) is 1. The van der Waals surface area contributed by atoms with E-state index in [2.05, 4.69) is 55.0 Å². The van der Waals surface area contributed by atoms with Crippen molar-refractivity contribution in [1.29, 1.82) is 0 Å². The van der Waals surface area contributed by atoms with Gasteiger partial charge in [-0.1, -0.05) is 18.2 Å².